The first-order valence-electron chi connectivity index (χ1n) is 43.8. The molecule has 0 saturated carbocycles. The Balaban J connectivity index is 0.000000164. The Hall–Kier alpha value is -8.28. The van der Waals surface area contributed by atoms with Gasteiger partial charge in [-0.2, -0.15) is 39.5 Å². The second kappa shape index (κ2) is 40.0. The molecule has 21 nitrogen and oxygen atoms in total. The first-order chi connectivity index (χ1) is 60.0. The predicted octanol–water partition coefficient (Wildman–Crippen LogP) is 17.8. The lowest BCUT2D eigenvalue weighted by atomic mass is 9.75. The average molecular weight is 1920 g/mol. The fourth-order valence-corrected chi connectivity index (χ4v) is 20.4. The molecule has 0 bridgehead atoms. The molecule has 3 amide bonds. The van der Waals surface area contributed by atoms with Gasteiger partial charge in [0, 0.05) is 199 Å². The molecule has 0 atom stereocenters. The molecule has 0 radical (unpaired) electrons. The molecule has 11 heterocycles. The number of carbonyl (C=O) groups is 3. The van der Waals surface area contributed by atoms with Crippen molar-refractivity contribution in [2.45, 2.75) is 226 Å². The van der Waals surface area contributed by atoms with Gasteiger partial charge in [-0.25, -0.2) is 0 Å². The third kappa shape index (κ3) is 21.9. The van der Waals surface area contributed by atoms with Crippen LogP contribution in [0.4, 0.5) is 68.0 Å². The maximum absolute atomic E-state index is 13.9. The number of H-pyrrole nitrogens is 2. The van der Waals surface area contributed by atoms with Gasteiger partial charge in [0.25, 0.3) is 22.9 Å². The van der Waals surface area contributed by atoms with Crippen molar-refractivity contribution in [3.8, 4) is 11.1 Å². The molecular formula is C95H119BBr2F9N9O12. The third-order valence-corrected chi connectivity index (χ3v) is 28.0. The second-order valence-electron chi connectivity index (χ2n) is 36.0. The van der Waals surface area contributed by atoms with Crippen molar-refractivity contribution in [2.24, 2.45) is 0 Å². The number of anilines is 5. The number of carbonyl (C=O) groups excluding carboxylic acids is 3. The molecular weight excluding hydrogens is 1800 g/mol. The molecule has 696 valence electrons. The Labute approximate surface area is 760 Å². The first-order valence-corrected chi connectivity index (χ1v) is 45.3. The van der Waals surface area contributed by atoms with Gasteiger partial charge >= 0.3 is 25.6 Å². The summed E-state index contributed by atoms with van der Waals surface area (Å²) in [4.78, 5) is 79.6. The SMILES string of the molecule is C.CCN(c1cc(-c2ccc3c(c2)N(CC(F)(F)F)CC32CCOCC2)cc(C(=O)NCc2c(C)cc(C)[nH]c2=O)c1C)C1CCOCC1.CCN(c1cc(B2OC(C)(C)C(C)(C)O2)cc(C(=O)NCc2c(C)cc(C)[nH]c2=O)c1C)C1CCOCC1.FC(F)(F)CN1CC2(CCOCC2)c2ccc(Br)cc21.O=C1N(CC(F)(F)F)c2cc(Br)ccc2C12CCOCC2. The molecule has 3 spiro atoms. The van der Waals surface area contributed by atoms with Crippen molar-refractivity contribution < 1.29 is 86.9 Å². The van der Waals surface area contributed by atoms with Gasteiger partial charge < -0.3 is 78.1 Å². The fraction of sp³-hybridized carbons (Fsp3) is 0.547. The monoisotopic (exact) mass is 1920 g/mol. The highest BCUT2D eigenvalue weighted by molar-refractivity contribution is 9.10. The molecule has 16 rings (SSSR count). The van der Waals surface area contributed by atoms with E-state index in [0.29, 0.717) is 154 Å². The molecule has 9 aliphatic rings. The van der Waals surface area contributed by atoms with Crippen LogP contribution in [0.25, 0.3) is 11.1 Å². The maximum Gasteiger partial charge on any atom is 0.494 e. The van der Waals surface area contributed by atoms with Gasteiger partial charge in [0.2, 0.25) is 5.91 Å². The van der Waals surface area contributed by atoms with E-state index in [1.165, 1.54) is 9.80 Å². The number of hydrogen-bond acceptors (Lipinski definition) is 16. The van der Waals surface area contributed by atoms with Gasteiger partial charge in [0.1, 0.15) is 19.6 Å². The van der Waals surface area contributed by atoms with Gasteiger partial charge in [-0.15, -0.1) is 0 Å². The summed E-state index contributed by atoms with van der Waals surface area (Å²) in [6.45, 7) is 28.8. The summed E-state index contributed by atoms with van der Waals surface area (Å²) >= 11 is 6.61. The molecule has 6 saturated heterocycles. The van der Waals surface area contributed by atoms with Gasteiger partial charge in [-0.1, -0.05) is 63.6 Å². The van der Waals surface area contributed by atoms with E-state index in [9.17, 15) is 63.5 Å². The molecule has 33 heteroatoms. The molecule has 6 fully saturated rings. The van der Waals surface area contributed by atoms with Crippen LogP contribution in [-0.4, -0.2) is 189 Å². The topological polar surface area (TPSA) is 222 Å². The highest BCUT2D eigenvalue weighted by atomic mass is 79.9. The number of rotatable bonds is 17. The van der Waals surface area contributed by atoms with E-state index < -0.39 is 67.8 Å². The summed E-state index contributed by atoms with van der Waals surface area (Å²) in [6.07, 6.45) is -5.61. The van der Waals surface area contributed by atoms with Gasteiger partial charge in [-0.05, 0) is 270 Å². The van der Waals surface area contributed by atoms with Crippen LogP contribution >= 0.6 is 31.9 Å². The summed E-state index contributed by atoms with van der Waals surface area (Å²) in [7, 11) is -0.596. The fourth-order valence-electron chi connectivity index (χ4n) is 19.7. The molecule has 0 aliphatic carbocycles. The van der Waals surface area contributed by atoms with Crippen LogP contribution in [0.3, 0.4) is 0 Å². The highest BCUT2D eigenvalue weighted by Crippen LogP contribution is 2.53. The standard InChI is InChI=1S/C37H45F3N4O4.C29H42BN3O5.C14H13BrF3NO2.C14H15BrF3NO.CH4/c1-5-44(28-8-12-47-13-9-28)32-19-27(17-29(25(32)4)34(45)41-20-30-23(2)16-24(3)42-35(30)46)26-6-7-31-33(18-26)43(22-37(38,39)40)21-36(31)10-14-48-15-11-36;1-9-33(22-10-12-36-13-11-22)25-16-21(30-37-28(5,6)29(7,8)38-30)15-23(20(25)4)26(34)31-17-24-18(2)14-19(3)32-27(24)35;15-9-1-2-10-11(7-9)19(8-14(16,17)18)12(20)13(10)3-5-21-6-4-13;15-10-1-2-11-12(7-10)19(9-14(16,17)18)8-13(11)3-5-20-6-4-13;/h6-7,16-19,28H,5,8-15,20-22H2,1-4H3,(H,41,45)(H,42,46);14-16,22H,9-13,17H2,1-8H3,(H,31,34)(H,32,35);1-2,7H,3-6,8H2;1-2,7H,3-6,8-9H2;1H4. The number of aromatic nitrogens is 2. The lowest BCUT2D eigenvalue weighted by molar-refractivity contribution is -0.136. The van der Waals surface area contributed by atoms with Crippen molar-refractivity contribution in [2.75, 3.05) is 136 Å². The summed E-state index contributed by atoms with van der Waals surface area (Å²) in [5.41, 5.74) is 12.6. The van der Waals surface area contributed by atoms with E-state index in [1.807, 2.05) is 124 Å². The summed E-state index contributed by atoms with van der Waals surface area (Å²) in [5, 5.41) is 5.96. The quantitative estimate of drug-likeness (QED) is 0.0492. The Morgan fingerprint density at radius 1 is 0.484 bits per heavy atom. The number of benzene rings is 5. The summed E-state index contributed by atoms with van der Waals surface area (Å²) in [5.74, 6) is -1.01. The molecule has 7 aromatic rings. The van der Waals surface area contributed by atoms with E-state index in [2.05, 4.69) is 88.2 Å². The van der Waals surface area contributed by atoms with Crippen molar-refractivity contribution in [1.82, 2.24) is 20.6 Å². The minimum atomic E-state index is -4.42. The van der Waals surface area contributed by atoms with Crippen molar-refractivity contribution in [3.05, 3.63) is 193 Å². The number of pyridine rings is 2. The lowest BCUT2D eigenvalue weighted by Gasteiger charge is -2.37. The number of nitrogens with one attached hydrogen (secondary N) is 4. The Morgan fingerprint density at radius 3 is 1.30 bits per heavy atom. The van der Waals surface area contributed by atoms with Crippen LogP contribution in [0.2, 0.25) is 0 Å². The zero-order valence-electron chi connectivity index (χ0n) is 74.2. The number of ether oxygens (including phenoxy) is 5. The van der Waals surface area contributed by atoms with Crippen LogP contribution in [0, 0.1) is 41.5 Å². The van der Waals surface area contributed by atoms with Crippen LogP contribution in [0.5, 0.6) is 0 Å². The van der Waals surface area contributed by atoms with E-state index >= 15 is 0 Å². The Kier molecular flexibility index (Phi) is 30.9. The van der Waals surface area contributed by atoms with Gasteiger partial charge in [-0.3, -0.25) is 24.0 Å². The number of aromatic amines is 2. The number of halogens is 11. The van der Waals surface area contributed by atoms with E-state index in [1.54, 1.807) is 24.3 Å². The van der Waals surface area contributed by atoms with Crippen molar-refractivity contribution in [1.29, 1.82) is 0 Å². The number of nitrogens with zero attached hydrogens (tertiary/aromatic N) is 5. The molecule has 128 heavy (non-hydrogen) atoms. The number of hydrogen-bond donors (Lipinski definition) is 4. The van der Waals surface area contributed by atoms with Gasteiger partial charge in [0.15, 0.2) is 0 Å². The largest absolute Gasteiger partial charge is 0.494 e. The smallest absolute Gasteiger partial charge is 0.399 e. The molecule has 0 unspecified atom stereocenters. The normalized spacial score (nSPS) is 19.1. The zero-order valence-corrected chi connectivity index (χ0v) is 77.4. The van der Waals surface area contributed by atoms with E-state index in [0.717, 1.165) is 140 Å². The van der Waals surface area contributed by atoms with E-state index in [-0.39, 0.29) is 60.3 Å². The minimum Gasteiger partial charge on any atom is -0.399 e. The average Bonchev–Trinajstić information content (AvgIpc) is 1.57. The summed E-state index contributed by atoms with van der Waals surface area (Å²) in [6, 6.07) is 28.8. The van der Waals surface area contributed by atoms with Crippen LogP contribution < -0.4 is 51.7 Å². The first kappa shape index (κ1) is 98.8. The minimum absolute atomic E-state index is 0. The van der Waals surface area contributed by atoms with Crippen LogP contribution in [-0.2, 0) is 67.1 Å². The highest BCUT2D eigenvalue weighted by Gasteiger charge is 2.56. The number of fused-ring (bicyclic) bond motifs is 6. The number of amides is 3. The summed E-state index contributed by atoms with van der Waals surface area (Å²) < 4.78 is 160. The third-order valence-electron chi connectivity index (χ3n) is 27.0. The number of aryl methyl sites for hydroxylation is 4. The Bertz CT molecular complexity index is 5270. The maximum atomic E-state index is 13.9. The van der Waals surface area contributed by atoms with E-state index in [4.69, 9.17) is 33.0 Å². The Morgan fingerprint density at radius 2 is 0.875 bits per heavy atom. The molecule has 4 N–H and O–H groups in total. The molecule has 2 aromatic heterocycles. The zero-order chi connectivity index (χ0) is 91.7. The second-order valence-corrected chi connectivity index (χ2v) is 37.8. The molecule has 5 aromatic carbocycles. The van der Waals surface area contributed by atoms with Crippen LogP contribution in [0.1, 0.15) is 195 Å². The van der Waals surface area contributed by atoms with Crippen molar-refractivity contribution >= 4 is 90.6 Å². The van der Waals surface area contributed by atoms with Gasteiger partial charge in [0.05, 0.1) is 16.6 Å². The predicted molar refractivity (Wildman–Crippen MR) is 488 cm³/mol. The van der Waals surface area contributed by atoms with Crippen LogP contribution in [0.15, 0.2) is 110 Å². The molecule has 9 aliphatic heterocycles. The van der Waals surface area contributed by atoms with Crippen molar-refractivity contribution in [3.63, 3.8) is 0 Å². The lowest BCUT2D eigenvalue weighted by Crippen LogP contribution is -2.46. The number of alkyl halides is 9.